The molecule has 1 amide bonds. The van der Waals surface area contributed by atoms with Crippen LogP contribution in [0.15, 0.2) is 30.7 Å². The van der Waals surface area contributed by atoms with E-state index in [1.54, 1.807) is 31.5 Å². The lowest BCUT2D eigenvalue weighted by Gasteiger charge is -2.32. The molecule has 0 unspecified atom stereocenters. The second-order valence-electron chi connectivity index (χ2n) is 5.72. The van der Waals surface area contributed by atoms with E-state index in [4.69, 9.17) is 9.47 Å². The first-order chi connectivity index (χ1) is 12.2. The number of likely N-dealkylation sites (tertiary alicyclic amines) is 1. The molecule has 0 spiro atoms. The van der Waals surface area contributed by atoms with Crippen molar-refractivity contribution < 1.29 is 14.3 Å². The smallest absolute Gasteiger partial charge is 0.259 e. The normalized spacial score (nSPS) is 14.9. The number of amides is 1. The summed E-state index contributed by atoms with van der Waals surface area (Å²) in [5.74, 6) is 1.56. The van der Waals surface area contributed by atoms with Gasteiger partial charge in [-0.2, -0.15) is 0 Å². The van der Waals surface area contributed by atoms with Gasteiger partial charge in [0, 0.05) is 31.4 Å². The molecule has 2 aromatic rings. The van der Waals surface area contributed by atoms with Gasteiger partial charge in [0.2, 0.25) is 11.8 Å². The maximum absolute atomic E-state index is 12.7. The molecule has 8 nitrogen and oxygen atoms in total. The summed E-state index contributed by atoms with van der Waals surface area (Å²) in [6, 6.07) is 5.50. The Kier molecular flexibility index (Phi) is 5.27. The Morgan fingerprint density at radius 1 is 1.20 bits per heavy atom. The summed E-state index contributed by atoms with van der Waals surface area (Å²) < 4.78 is 10.3. The molecule has 1 aliphatic heterocycles. The van der Waals surface area contributed by atoms with Crippen LogP contribution in [0.5, 0.6) is 11.8 Å². The van der Waals surface area contributed by atoms with Gasteiger partial charge in [-0.05, 0) is 25.0 Å². The lowest BCUT2D eigenvalue weighted by atomic mass is 10.0. The Hall–Kier alpha value is -2.90. The molecule has 0 aliphatic carbocycles. The SMILES string of the molecule is COc1cc(NC2CCN(C(=O)c3cccnc3OC)CC2)ncn1. The van der Waals surface area contributed by atoms with Crippen LogP contribution in [0.1, 0.15) is 23.2 Å². The number of carbonyl (C=O) groups excluding carboxylic acids is 1. The highest BCUT2D eigenvalue weighted by Crippen LogP contribution is 2.21. The number of aromatic nitrogens is 3. The number of ether oxygens (including phenoxy) is 2. The summed E-state index contributed by atoms with van der Waals surface area (Å²) in [6.07, 6.45) is 4.75. The average molecular weight is 343 g/mol. The number of pyridine rings is 1. The maximum atomic E-state index is 12.7. The number of hydrogen-bond acceptors (Lipinski definition) is 7. The van der Waals surface area contributed by atoms with Crippen molar-refractivity contribution in [3.8, 4) is 11.8 Å². The largest absolute Gasteiger partial charge is 0.481 e. The van der Waals surface area contributed by atoms with Crippen molar-refractivity contribution in [1.82, 2.24) is 19.9 Å². The molecule has 25 heavy (non-hydrogen) atoms. The van der Waals surface area contributed by atoms with Gasteiger partial charge >= 0.3 is 0 Å². The second-order valence-corrected chi connectivity index (χ2v) is 5.72. The summed E-state index contributed by atoms with van der Waals surface area (Å²) in [4.78, 5) is 26.8. The molecule has 1 N–H and O–H groups in total. The topological polar surface area (TPSA) is 89.5 Å². The molecular formula is C17H21N5O3. The third kappa shape index (κ3) is 3.96. The number of nitrogens with one attached hydrogen (secondary N) is 1. The molecule has 0 bridgehead atoms. The number of carbonyl (C=O) groups is 1. The molecule has 0 aromatic carbocycles. The number of rotatable bonds is 5. The Morgan fingerprint density at radius 3 is 2.72 bits per heavy atom. The Labute approximate surface area is 146 Å². The highest BCUT2D eigenvalue weighted by Gasteiger charge is 2.26. The minimum Gasteiger partial charge on any atom is -0.481 e. The molecule has 8 heteroatoms. The predicted molar refractivity (Wildman–Crippen MR) is 91.9 cm³/mol. The van der Waals surface area contributed by atoms with Gasteiger partial charge in [0.05, 0.1) is 14.2 Å². The minimum absolute atomic E-state index is 0.0490. The van der Waals surface area contributed by atoms with Crippen molar-refractivity contribution in [2.24, 2.45) is 0 Å². The molecule has 1 saturated heterocycles. The van der Waals surface area contributed by atoms with E-state index in [0.29, 0.717) is 30.4 Å². The lowest BCUT2D eigenvalue weighted by Crippen LogP contribution is -2.42. The van der Waals surface area contributed by atoms with Gasteiger partial charge in [-0.25, -0.2) is 15.0 Å². The third-order valence-corrected chi connectivity index (χ3v) is 4.18. The van der Waals surface area contributed by atoms with Crippen molar-refractivity contribution in [3.05, 3.63) is 36.3 Å². The van der Waals surface area contributed by atoms with E-state index < -0.39 is 0 Å². The number of piperidine rings is 1. The van der Waals surface area contributed by atoms with Crippen LogP contribution >= 0.6 is 0 Å². The molecule has 132 valence electrons. The summed E-state index contributed by atoms with van der Waals surface area (Å²) in [6.45, 7) is 1.33. The number of nitrogens with zero attached hydrogens (tertiary/aromatic N) is 4. The molecule has 0 saturated carbocycles. The number of anilines is 1. The zero-order valence-electron chi connectivity index (χ0n) is 14.3. The zero-order valence-corrected chi connectivity index (χ0v) is 14.3. The van der Waals surface area contributed by atoms with Crippen LogP contribution in [-0.4, -0.2) is 59.1 Å². The van der Waals surface area contributed by atoms with Crippen LogP contribution in [0.2, 0.25) is 0 Å². The second kappa shape index (κ2) is 7.78. The third-order valence-electron chi connectivity index (χ3n) is 4.18. The van der Waals surface area contributed by atoms with Crippen molar-refractivity contribution >= 4 is 11.7 Å². The van der Waals surface area contributed by atoms with E-state index in [0.717, 1.165) is 18.7 Å². The monoisotopic (exact) mass is 343 g/mol. The zero-order chi connectivity index (χ0) is 17.6. The van der Waals surface area contributed by atoms with Crippen molar-refractivity contribution in [2.45, 2.75) is 18.9 Å². The Bertz CT molecular complexity index is 732. The first-order valence-electron chi connectivity index (χ1n) is 8.12. The molecular weight excluding hydrogens is 322 g/mol. The van der Waals surface area contributed by atoms with E-state index in [1.165, 1.54) is 13.4 Å². The highest BCUT2D eigenvalue weighted by atomic mass is 16.5. The fourth-order valence-corrected chi connectivity index (χ4v) is 2.85. The standard InChI is InChI=1S/C17H21N5O3/c1-24-15-10-14(19-11-20-15)21-12-5-8-22(9-6-12)17(23)13-4-3-7-18-16(13)25-2/h3-4,7,10-12H,5-6,8-9H2,1-2H3,(H,19,20,21). The number of hydrogen-bond donors (Lipinski definition) is 1. The molecule has 2 aromatic heterocycles. The van der Waals surface area contributed by atoms with Crippen molar-refractivity contribution in [3.63, 3.8) is 0 Å². The van der Waals surface area contributed by atoms with E-state index in [9.17, 15) is 4.79 Å². The average Bonchev–Trinajstić information content (AvgIpc) is 2.68. The van der Waals surface area contributed by atoms with E-state index in [2.05, 4.69) is 20.3 Å². The summed E-state index contributed by atoms with van der Waals surface area (Å²) in [5, 5.41) is 3.37. The van der Waals surface area contributed by atoms with Crippen LogP contribution in [0.25, 0.3) is 0 Å². The van der Waals surface area contributed by atoms with E-state index in [-0.39, 0.29) is 11.9 Å². The Morgan fingerprint density at radius 2 is 2.00 bits per heavy atom. The van der Waals surface area contributed by atoms with Gasteiger partial charge in [0.1, 0.15) is 17.7 Å². The number of methoxy groups -OCH3 is 2. The molecule has 0 radical (unpaired) electrons. The summed E-state index contributed by atoms with van der Waals surface area (Å²) in [5.41, 5.74) is 0.497. The minimum atomic E-state index is -0.0490. The highest BCUT2D eigenvalue weighted by molar-refractivity contribution is 5.96. The maximum Gasteiger partial charge on any atom is 0.259 e. The van der Waals surface area contributed by atoms with E-state index >= 15 is 0 Å². The lowest BCUT2D eigenvalue weighted by molar-refractivity contribution is 0.0714. The first kappa shape index (κ1) is 16.9. The van der Waals surface area contributed by atoms with Gasteiger partial charge in [0.25, 0.3) is 5.91 Å². The summed E-state index contributed by atoms with van der Waals surface area (Å²) in [7, 11) is 3.09. The fourth-order valence-electron chi connectivity index (χ4n) is 2.85. The molecule has 0 atom stereocenters. The Balaban J connectivity index is 1.59. The molecule has 1 aliphatic rings. The van der Waals surface area contributed by atoms with Crippen molar-refractivity contribution in [2.75, 3.05) is 32.6 Å². The molecule has 3 rings (SSSR count). The predicted octanol–water partition coefficient (Wildman–Crippen LogP) is 1.61. The van der Waals surface area contributed by atoms with Crippen LogP contribution in [0, 0.1) is 0 Å². The van der Waals surface area contributed by atoms with Crippen LogP contribution in [0.4, 0.5) is 5.82 Å². The van der Waals surface area contributed by atoms with Gasteiger partial charge in [0.15, 0.2) is 0 Å². The fraction of sp³-hybridized carbons (Fsp3) is 0.412. The van der Waals surface area contributed by atoms with Crippen molar-refractivity contribution in [1.29, 1.82) is 0 Å². The van der Waals surface area contributed by atoms with Gasteiger partial charge in [-0.3, -0.25) is 4.79 Å². The van der Waals surface area contributed by atoms with Gasteiger partial charge in [-0.15, -0.1) is 0 Å². The molecule has 3 heterocycles. The van der Waals surface area contributed by atoms with Crippen LogP contribution in [0.3, 0.4) is 0 Å². The quantitative estimate of drug-likeness (QED) is 0.882. The van der Waals surface area contributed by atoms with E-state index in [1.807, 2.05) is 4.90 Å². The van der Waals surface area contributed by atoms with Gasteiger partial charge < -0.3 is 19.7 Å². The van der Waals surface area contributed by atoms with Crippen LogP contribution in [-0.2, 0) is 0 Å². The summed E-state index contributed by atoms with van der Waals surface area (Å²) >= 11 is 0. The van der Waals surface area contributed by atoms with Gasteiger partial charge in [-0.1, -0.05) is 0 Å². The molecule has 1 fully saturated rings. The first-order valence-corrected chi connectivity index (χ1v) is 8.12. The van der Waals surface area contributed by atoms with Crippen LogP contribution < -0.4 is 14.8 Å².